The molecule has 9 rings (SSSR count). The molecule has 0 unspecified atom stereocenters. The van der Waals surface area contributed by atoms with Gasteiger partial charge in [-0.3, -0.25) is 0 Å². The van der Waals surface area contributed by atoms with Gasteiger partial charge in [0.05, 0.1) is 22.3 Å². The molecule has 0 amide bonds. The van der Waals surface area contributed by atoms with Crippen LogP contribution in [0.1, 0.15) is 59.6 Å². The summed E-state index contributed by atoms with van der Waals surface area (Å²) in [4.78, 5) is 0. The number of aromatic nitrogens is 1. The Bertz CT molecular complexity index is 2680. The maximum absolute atomic E-state index is 6.91. The molecule has 0 saturated heterocycles. The summed E-state index contributed by atoms with van der Waals surface area (Å²) >= 11 is 1.89. The van der Waals surface area contributed by atoms with Gasteiger partial charge < -0.3 is 9.22 Å². The molecule has 4 heteroatoms. The lowest BCUT2D eigenvalue weighted by atomic mass is 9.61. The van der Waals surface area contributed by atoms with Crippen LogP contribution in [0.4, 0.5) is 0 Å². The van der Waals surface area contributed by atoms with Gasteiger partial charge in [0.25, 0.3) is 0 Å². The lowest BCUT2D eigenvalue weighted by Crippen LogP contribution is -2.47. The number of rotatable bonds is 5. The Morgan fingerprint density at radius 3 is 2.08 bits per heavy atom. The molecule has 0 radical (unpaired) electrons. The molecule has 0 saturated carbocycles. The van der Waals surface area contributed by atoms with E-state index in [-0.39, 0.29) is 23.3 Å². The van der Waals surface area contributed by atoms with Gasteiger partial charge in [-0.15, -0.1) is 11.3 Å². The lowest BCUT2D eigenvalue weighted by molar-refractivity contribution is 0.000450. The second kappa shape index (κ2) is 11.2. The fraction of sp³-hybridized carbons (Fsp3) is 0.234. The van der Waals surface area contributed by atoms with E-state index in [4.69, 9.17) is 4.65 Å². The van der Waals surface area contributed by atoms with Crippen molar-refractivity contribution in [3.05, 3.63) is 132 Å². The van der Waals surface area contributed by atoms with Gasteiger partial charge in [-0.2, -0.15) is 0 Å². The van der Waals surface area contributed by atoms with Gasteiger partial charge in [0.1, 0.15) is 0 Å². The molecule has 2 aromatic heterocycles. The maximum Gasteiger partial charge on any atom is 0.324 e. The Morgan fingerprint density at radius 2 is 1.27 bits per heavy atom. The number of benzene rings is 6. The summed E-state index contributed by atoms with van der Waals surface area (Å²) in [5.41, 5.74) is 12.3. The molecule has 0 fully saturated rings. The van der Waals surface area contributed by atoms with E-state index in [0.29, 0.717) is 0 Å². The van der Waals surface area contributed by atoms with Gasteiger partial charge in [0.15, 0.2) is 0 Å². The smallest absolute Gasteiger partial charge is 0.324 e. The first-order valence-electron chi connectivity index (χ1n) is 18.3. The summed E-state index contributed by atoms with van der Waals surface area (Å²) in [6.07, 6.45) is 0. The third-order valence-electron chi connectivity index (χ3n) is 12.1. The summed E-state index contributed by atoms with van der Waals surface area (Å²) in [5, 5.41) is 5.18. The highest BCUT2D eigenvalue weighted by molar-refractivity contribution is 7.26. The lowest BCUT2D eigenvalue weighted by Gasteiger charge is -2.41. The molecule has 0 spiro atoms. The Morgan fingerprint density at radius 1 is 0.588 bits per heavy atom. The van der Waals surface area contributed by atoms with E-state index in [2.05, 4.69) is 181 Å². The molecule has 1 aliphatic rings. The minimum Gasteiger partial charge on any atom is -0.426 e. The van der Waals surface area contributed by atoms with Crippen molar-refractivity contribution >= 4 is 65.7 Å². The Hall–Kier alpha value is -4.64. The Labute approximate surface area is 305 Å². The Kier molecular flexibility index (Phi) is 7.08. The van der Waals surface area contributed by atoms with E-state index >= 15 is 0 Å². The normalized spacial score (nSPS) is 14.1. The van der Waals surface area contributed by atoms with Gasteiger partial charge in [-0.25, -0.2) is 0 Å². The summed E-state index contributed by atoms with van der Waals surface area (Å²) in [6.45, 7) is 18.1. The number of hydrogen-bond donors (Lipinski definition) is 0. The molecular formula is C47H44BNOS. The molecule has 51 heavy (non-hydrogen) atoms. The number of thiophene rings is 1. The number of nitrogens with zero attached hydrogens (tertiary/aromatic N) is 1. The van der Waals surface area contributed by atoms with Crippen molar-refractivity contribution in [1.82, 2.24) is 4.57 Å². The molecule has 0 atom stereocenters. The van der Waals surface area contributed by atoms with Gasteiger partial charge in [-0.05, 0) is 77.3 Å². The van der Waals surface area contributed by atoms with Crippen LogP contribution in [0.25, 0.3) is 69.9 Å². The average molecular weight is 682 g/mol. The predicted octanol–water partition coefficient (Wildman–Crippen LogP) is 12.8. The first kappa shape index (κ1) is 32.3. The van der Waals surface area contributed by atoms with Crippen LogP contribution in [0.15, 0.2) is 121 Å². The van der Waals surface area contributed by atoms with Crippen LogP contribution < -0.4 is 5.46 Å². The highest BCUT2D eigenvalue weighted by Crippen LogP contribution is 2.51. The molecule has 6 aromatic carbocycles. The molecule has 2 nitrogen and oxygen atoms in total. The molecule has 1 aliphatic carbocycles. The van der Waals surface area contributed by atoms with E-state index in [1.165, 1.54) is 86.5 Å². The quantitative estimate of drug-likeness (QED) is 0.165. The van der Waals surface area contributed by atoms with Crippen LogP contribution in [-0.2, 0) is 10.1 Å². The first-order chi connectivity index (χ1) is 24.3. The predicted molar refractivity (Wildman–Crippen MR) is 223 cm³/mol. The zero-order valence-electron chi connectivity index (χ0n) is 30.9. The third kappa shape index (κ3) is 4.80. The van der Waals surface area contributed by atoms with Gasteiger partial charge >= 0.3 is 6.92 Å². The largest absolute Gasteiger partial charge is 0.426 e. The topological polar surface area (TPSA) is 14.2 Å². The second-order valence-corrected chi connectivity index (χ2v) is 17.6. The van der Waals surface area contributed by atoms with Crippen molar-refractivity contribution in [2.75, 3.05) is 0 Å². The summed E-state index contributed by atoms with van der Waals surface area (Å²) in [6, 6.07) is 45.5. The monoisotopic (exact) mass is 681 g/mol. The van der Waals surface area contributed by atoms with Gasteiger partial charge in [0, 0.05) is 47.5 Å². The molecule has 0 bridgehead atoms. The molecule has 2 heterocycles. The van der Waals surface area contributed by atoms with Crippen LogP contribution in [0, 0.1) is 5.41 Å². The van der Waals surface area contributed by atoms with Crippen molar-refractivity contribution < 1.29 is 4.65 Å². The standard InChI is InChI=1S/C47H44BNOS/c1-45(2,3)47(6,7)50-48(8)29-24-25-32(34-19-15-20-35-33-18-11-14-23-43(33)51-44(34)35)41(26-29)49-40-22-13-10-17-31(40)37-27-36-30-16-9-12-21-38(30)46(4,5)39(36)28-42(37)49/h9-28H,1-8H3. The molecular weight excluding hydrogens is 637 g/mol. The van der Waals surface area contributed by atoms with E-state index in [0.717, 1.165) is 0 Å². The highest BCUT2D eigenvalue weighted by atomic mass is 32.1. The highest BCUT2D eigenvalue weighted by Gasteiger charge is 2.38. The first-order valence-corrected chi connectivity index (χ1v) is 19.1. The third-order valence-corrected chi connectivity index (χ3v) is 13.3. The number of hydrogen-bond acceptors (Lipinski definition) is 2. The average Bonchev–Trinajstić information content (AvgIpc) is 3.72. The van der Waals surface area contributed by atoms with Crippen molar-refractivity contribution in [3.8, 4) is 27.9 Å². The van der Waals surface area contributed by atoms with Crippen molar-refractivity contribution in [3.63, 3.8) is 0 Å². The van der Waals surface area contributed by atoms with E-state index in [1.807, 2.05) is 11.3 Å². The minimum absolute atomic E-state index is 0.0154. The van der Waals surface area contributed by atoms with Crippen LogP contribution in [0.5, 0.6) is 0 Å². The van der Waals surface area contributed by atoms with E-state index in [1.54, 1.807) is 0 Å². The minimum atomic E-state index is -0.318. The van der Waals surface area contributed by atoms with Gasteiger partial charge in [-0.1, -0.05) is 132 Å². The van der Waals surface area contributed by atoms with E-state index in [9.17, 15) is 0 Å². The zero-order valence-corrected chi connectivity index (χ0v) is 31.7. The maximum atomic E-state index is 6.91. The number of fused-ring (bicyclic) bond motifs is 9. The van der Waals surface area contributed by atoms with E-state index < -0.39 is 0 Å². The molecule has 8 aromatic rings. The summed E-state index contributed by atoms with van der Waals surface area (Å²) in [7, 11) is 0. The second-order valence-electron chi connectivity index (χ2n) is 16.5. The zero-order chi connectivity index (χ0) is 35.4. The van der Waals surface area contributed by atoms with Crippen LogP contribution in [-0.4, -0.2) is 17.1 Å². The van der Waals surface area contributed by atoms with Crippen molar-refractivity contribution in [2.45, 2.75) is 66.3 Å². The SMILES string of the molecule is CB(OC(C)(C)C(C)(C)C)c1ccc(-c2cccc3c2sc2ccccc23)c(-n2c3ccccc3c3cc4c(cc32)C(C)(C)c2ccccc2-4)c1. The van der Waals surface area contributed by atoms with Crippen LogP contribution >= 0.6 is 11.3 Å². The number of para-hydroxylation sites is 1. The van der Waals surface area contributed by atoms with Crippen LogP contribution in [0.2, 0.25) is 6.82 Å². The fourth-order valence-corrected chi connectivity index (χ4v) is 9.51. The Balaban J connectivity index is 1.35. The van der Waals surface area contributed by atoms with Crippen LogP contribution in [0.3, 0.4) is 0 Å². The summed E-state index contributed by atoms with van der Waals surface area (Å²) in [5.74, 6) is 0. The summed E-state index contributed by atoms with van der Waals surface area (Å²) < 4.78 is 12.1. The molecule has 252 valence electrons. The van der Waals surface area contributed by atoms with Crippen molar-refractivity contribution in [1.29, 1.82) is 0 Å². The fourth-order valence-electron chi connectivity index (χ4n) is 8.28. The molecule has 0 N–H and O–H groups in total. The van der Waals surface area contributed by atoms with Crippen molar-refractivity contribution in [2.24, 2.45) is 5.41 Å². The molecule has 0 aliphatic heterocycles. The van der Waals surface area contributed by atoms with Gasteiger partial charge in [0.2, 0.25) is 0 Å².